The van der Waals surface area contributed by atoms with Crippen LogP contribution in [-0.4, -0.2) is 19.2 Å². The summed E-state index contributed by atoms with van der Waals surface area (Å²) in [7, 11) is 1.61. The molecule has 0 heterocycles. The molecule has 0 aliphatic rings. The zero-order valence-corrected chi connectivity index (χ0v) is 14.7. The SMILES string of the molecule is COc1ccc(CC(C=O)C(=O)c2ccc(C(C)(C)C)cc2)cc1. The molecule has 2 aromatic carbocycles. The predicted molar refractivity (Wildman–Crippen MR) is 95.7 cm³/mol. The van der Waals surface area contributed by atoms with Crippen molar-refractivity contribution in [3.05, 3.63) is 65.2 Å². The van der Waals surface area contributed by atoms with Crippen LogP contribution >= 0.6 is 0 Å². The molecule has 0 saturated heterocycles. The molecule has 0 N–H and O–H groups in total. The fourth-order valence-corrected chi connectivity index (χ4v) is 2.57. The second-order valence-corrected chi connectivity index (χ2v) is 6.99. The van der Waals surface area contributed by atoms with Gasteiger partial charge < -0.3 is 9.53 Å². The van der Waals surface area contributed by atoms with Crippen molar-refractivity contribution in [2.45, 2.75) is 32.6 Å². The number of rotatable bonds is 6. The molecule has 3 nitrogen and oxygen atoms in total. The third kappa shape index (κ3) is 4.31. The highest BCUT2D eigenvalue weighted by Crippen LogP contribution is 2.23. The molecular weight excluding hydrogens is 300 g/mol. The van der Waals surface area contributed by atoms with Crippen LogP contribution in [0.15, 0.2) is 48.5 Å². The van der Waals surface area contributed by atoms with Gasteiger partial charge in [0.15, 0.2) is 5.78 Å². The number of methoxy groups -OCH3 is 1. The Morgan fingerprint density at radius 1 is 1.04 bits per heavy atom. The van der Waals surface area contributed by atoms with E-state index in [1.165, 1.54) is 0 Å². The Bertz CT molecular complexity index is 691. The number of hydrogen-bond donors (Lipinski definition) is 0. The van der Waals surface area contributed by atoms with E-state index >= 15 is 0 Å². The molecule has 2 aromatic rings. The molecular formula is C21H24O3. The average molecular weight is 324 g/mol. The fraction of sp³-hybridized carbons (Fsp3) is 0.333. The van der Waals surface area contributed by atoms with Gasteiger partial charge in [0, 0.05) is 5.56 Å². The van der Waals surface area contributed by atoms with Gasteiger partial charge >= 0.3 is 0 Å². The van der Waals surface area contributed by atoms with Gasteiger partial charge in [-0.15, -0.1) is 0 Å². The summed E-state index contributed by atoms with van der Waals surface area (Å²) in [5, 5.41) is 0. The molecule has 0 spiro atoms. The Kier molecular flexibility index (Phi) is 5.55. The second-order valence-electron chi connectivity index (χ2n) is 6.99. The molecule has 0 aliphatic carbocycles. The summed E-state index contributed by atoms with van der Waals surface area (Å²) < 4.78 is 5.12. The van der Waals surface area contributed by atoms with Crippen LogP contribution in [0, 0.1) is 5.92 Å². The minimum absolute atomic E-state index is 0.0364. The Balaban J connectivity index is 2.14. The minimum Gasteiger partial charge on any atom is -0.497 e. The number of benzene rings is 2. The lowest BCUT2D eigenvalue weighted by Gasteiger charge is -2.19. The fourth-order valence-electron chi connectivity index (χ4n) is 2.57. The maximum atomic E-state index is 12.6. The maximum Gasteiger partial charge on any atom is 0.173 e. The molecule has 0 saturated carbocycles. The summed E-state index contributed by atoms with van der Waals surface area (Å²) in [4.78, 5) is 24.0. The molecule has 1 atom stereocenters. The van der Waals surface area contributed by atoms with Gasteiger partial charge in [-0.1, -0.05) is 57.2 Å². The van der Waals surface area contributed by atoms with Crippen LogP contribution in [-0.2, 0) is 16.6 Å². The molecule has 0 fully saturated rings. The molecule has 0 bridgehead atoms. The number of carbonyl (C=O) groups excluding carboxylic acids is 2. The molecule has 0 amide bonds. The van der Waals surface area contributed by atoms with E-state index in [1.807, 2.05) is 48.5 Å². The Morgan fingerprint density at radius 2 is 1.62 bits per heavy atom. The van der Waals surface area contributed by atoms with Crippen molar-refractivity contribution in [2.24, 2.45) is 5.92 Å². The summed E-state index contributed by atoms with van der Waals surface area (Å²) in [5.74, 6) is -0.0503. The van der Waals surface area contributed by atoms with Crippen molar-refractivity contribution in [2.75, 3.05) is 7.11 Å². The normalized spacial score (nSPS) is 12.5. The highest BCUT2D eigenvalue weighted by molar-refractivity contribution is 6.05. The highest BCUT2D eigenvalue weighted by atomic mass is 16.5. The molecule has 2 rings (SSSR count). The molecule has 126 valence electrons. The molecule has 1 unspecified atom stereocenters. The van der Waals surface area contributed by atoms with Gasteiger partial charge in [0.05, 0.1) is 13.0 Å². The van der Waals surface area contributed by atoms with E-state index < -0.39 is 5.92 Å². The van der Waals surface area contributed by atoms with E-state index in [4.69, 9.17) is 4.74 Å². The van der Waals surface area contributed by atoms with Crippen LogP contribution in [0.4, 0.5) is 0 Å². The molecule has 24 heavy (non-hydrogen) atoms. The number of ether oxygens (including phenoxy) is 1. The molecule has 0 aliphatic heterocycles. The maximum absolute atomic E-state index is 12.6. The number of carbonyl (C=O) groups is 2. The van der Waals surface area contributed by atoms with Crippen molar-refractivity contribution in [1.29, 1.82) is 0 Å². The first-order valence-electron chi connectivity index (χ1n) is 8.08. The first-order valence-corrected chi connectivity index (χ1v) is 8.08. The van der Waals surface area contributed by atoms with Crippen molar-refractivity contribution in [3.63, 3.8) is 0 Å². The monoisotopic (exact) mass is 324 g/mol. The smallest absolute Gasteiger partial charge is 0.173 e. The standard InChI is InChI=1S/C21H24O3/c1-21(2,3)18-9-7-16(8-10-18)20(23)17(14-22)13-15-5-11-19(24-4)12-6-15/h5-12,14,17H,13H2,1-4H3. The number of Topliss-reactive ketones (excluding diaryl/α,β-unsaturated/α-hetero) is 1. The van der Waals surface area contributed by atoms with Crippen LogP contribution in [0.25, 0.3) is 0 Å². The van der Waals surface area contributed by atoms with E-state index in [0.29, 0.717) is 12.0 Å². The lowest BCUT2D eigenvalue weighted by atomic mass is 9.85. The summed E-state index contributed by atoms with van der Waals surface area (Å²) in [6.07, 6.45) is 1.14. The molecule has 0 radical (unpaired) electrons. The van der Waals surface area contributed by atoms with Gasteiger partial charge in [-0.2, -0.15) is 0 Å². The van der Waals surface area contributed by atoms with Gasteiger partial charge in [0.25, 0.3) is 0 Å². The van der Waals surface area contributed by atoms with Crippen LogP contribution in [0.1, 0.15) is 42.3 Å². The third-order valence-electron chi connectivity index (χ3n) is 4.15. The van der Waals surface area contributed by atoms with Crippen molar-refractivity contribution < 1.29 is 14.3 Å². The summed E-state index contributed by atoms with van der Waals surface area (Å²) in [5.41, 5.74) is 2.72. The zero-order chi connectivity index (χ0) is 17.7. The van der Waals surface area contributed by atoms with Gasteiger partial charge in [-0.25, -0.2) is 0 Å². The zero-order valence-electron chi connectivity index (χ0n) is 14.7. The summed E-state index contributed by atoms with van der Waals surface area (Å²) >= 11 is 0. The number of hydrogen-bond acceptors (Lipinski definition) is 3. The molecule has 3 heteroatoms. The lowest BCUT2D eigenvalue weighted by molar-refractivity contribution is -0.109. The number of aldehydes is 1. The van der Waals surface area contributed by atoms with Crippen LogP contribution in [0.2, 0.25) is 0 Å². The van der Waals surface area contributed by atoms with Crippen LogP contribution < -0.4 is 4.74 Å². The van der Waals surface area contributed by atoms with Gasteiger partial charge in [0.1, 0.15) is 12.0 Å². The van der Waals surface area contributed by atoms with Crippen LogP contribution in [0.5, 0.6) is 5.75 Å². The van der Waals surface area contributed by atoms with Crippen LogP contribution in [0.3, 0.4) is 0 Å². The van der Waals surface area contributed by atoms with Gasteiger partial charge in [0.2, 0.25) is 0 Å². The summed E-state index contributed by atoms with van der Waals surface area (Å²) in [6.45, 7) is 6.38. The largest absolute Gasteiger partial charge is 0.497 e. The Morgan fingerprint density at radius 3 is 2.08 bits per heavy atom. The van der Waals surface area contributed by atoms with Crippen molar-refractivity contribution in [1.82, 2.24) is 0 Å². The average Bonchev–Trinajstić information content (AvgIpc) is 2.59. The highest BCUT2D eigenvalue weighted by Gasteiger charge is 2.21. The first kappa shape index (κ1) is 17.9. The topological polar surface area (TPSA) is 43.4 Å². The van der Waals surface area contributed by atoms with E-state index in [2.05, 4.69) is 20.8 Å². The van der Waals surface area contributed by atoms with E-state index in [1.54, 1.807) is 7.11 Å². The van der Waals surface area contributed by atoms with Gasteiger partial charge in [-0.05, 0) is 35.1 Å². The van der Waals surface area contributed by atoms with E-state index in [-0.39, 0.29) is 11.2 Å². The quantitative estimate of drug-likeness (QED) is 0.453. The number of ketones is 1. The Hall–Kier alpha value is -2.42. The first-order chi connectivity index (χ1) is 11.3. The van der Waals surface area contributed by atoms with E-state index in [0.717, 1.165) is 23.2 Å². The Labute approximate surface area is 143 Å². The third-order valence-corrected chi connectivity index (χ3v) is 4.15. The lowest BCUT2D eigenvalue weighted by Crippen LogP contribution is -2.19. The minimum atomic E-state index is -0.668. The summed E-state index contributed by atoms with van der Waals surface area (Å²) in [6, 6.07) is 15.0. The van der Waals surface area contributed by atoms with Crippen molar-refractivity contribution in [3.8, 4) is 5.75 Å². The second kappa shape index (κ2) is 7.43. The van der Waals surface area contributed by atoms with Crippen molar-refractivity contribution >= 4 is 12.1 Å². The van der Waals surface area contributed by atoms with Gasteiger partial charge in [-0.3, -0.25) is 4.79 Å². The predicted octanol–water partition coefficient (Wildman–Crippen LogP) is 4.23. The van der Waals surface area contributed by atoms with E-state index in [9.17, 15) is 9.59 Å². The molecule has 0 aromatic heterocycles.